The standard InChI is InChI=1S/C26H34N4O3/c1-19(31)29-22-9-7-20(8-10-22)18-30-14-4-16-33-25-6-3-2-5-23(25)21-11-12-27-24(17-21)26(32)28-13-15-30/h2-3,5-10,21,24,27H,4,11-18H2,1H3,(H,28,32)(H,29,31)/t21-,24+/m0/s1. The summed E-state index contributed by atoms with van der Waals surface area (Å²) in [6.45, 7) is 6.03. The molecule has 0 unspecified atom stereocenters. The quantitative estimate of drug-likeness (QED) is 0.670. The molecule has 2 bridgehead atoms. The maximum atomic E-state index is 12.8. The largest absolute Gasteiger partial charge is 0.493 e. The molecule has 2 aromatic rings. The Kier molecular flexibility index (Phi) is 7.96. The molecule has 2 heterocycles. The molecular formula is C26H34N4O3. The summed E-state index contributed by atoms with van der Waals surface area (Å²) in [6.07, 6.45) is 2.70. The molecule has 7 nitrogen and oxygen atoms in total. The normalized spacial score (nSPS) is 22.3. The van der Waals surface area contributed by atoms with E-state index in [0.29, 0.717) is 19.1 Å². The SMILES string of the molecule is CC(=O)Nc1ccc(CN2CCCOc3ccccc3[C@H]3CCN[C@H](C3)C(=O)NCC2)cc1. The van der Waals surface area contributed by atoms with Crippen molar-refractivity contribution in [1.29, 1.82) is 0 Å². The van der Waals surface area contributed by atoms with Crippen LogP contribution in [0.5, 0.6) is 5.75 Å². The minimum atomic E-state index is -0.172. The molecule has 0 spiro atoms. The van der Waals surface area contributed by atoms with Crippen LogP contribution in [0.1, 0.15) is 43.2 Å². The highest BCUT2D eigenvalue weighted by Crippen LogP contribution is 2.34. The van der Waals surface area contributed by atoms with Gasteiger partial charge in [0.25, 0.3) is 0 Å². The molecule has 1 fully saturated rings. The molecule has 0 saturated carbocycles. The van der Waals surface area contributed by atoms with Crippen molar-refractivity contribution in [3.63, 3.8) is 0 Å². The van der Waals surface area contributed by atoms with Gasteiger partial charge >= 0.3 is 0 Å². The number of rotatable bonds is 3. The maximum Gasteiger partial charge on any atom is 0.237 e. The molecule has 3 N–H and O–H groups in total. The van der Waals surface area contributed by atoms with E-state index in [9.17, 15) is 9.59 Å². The highest BCUT2D eigenvalue weighted by molar-refractivity contribution is 5.88. The van der Waals surface area contributed by atoms with Crippen molar-refractivity contribution in [2.24, 2.45) is 0 Å². The number of anilines is 1. The van der Waals surface area contributed by atoms with E-state index in [1.54, 1.807) is 0 Å². The Morgan fingerprint density at radius 3 is 2.76 bits per heavy atom. The molecule has 1 saturated heterocycles. The van der Waals surface area contributed by atoms with Crippen LogP contribution in [-0.4, -0.2) is 55.5 Å². The number of carbonyl (C=O) groups excluding carboxylic acids is 2. The number of nitrogens with zero attached hydrogens (tertiary/aromatic N) is 1. The minimum absolute atomic E-state index is 0.0753. The summed E-state index contributed by atoms with van der Waals surface area (Å²) in [5.41, 5.74) is 3.18. The summed E-state index contributed by atoms with van der Waals surface area (Å²) >= 11 is 0. The molecule has 176 valence electrons. The highest BCUT2D eigenvalue weighted by atomic mass is 16.5. The van der Waals surface area contributed by atoms with E-state index in [2.05, 4.69) is 33.0 Å². The van der Waals surface area contributed by atoms with E-state index in [1.807, 2.05) is 36.4 Å². The van der Waals surface area contributed by atoms with Crippen LogP contribution in [0.2, 0.25) is 0 Å². The first-order chi connectivity index (χ1) is 16.1. The van der Waals surface area contributed by atoms with Gasteiger partial charge in [-0.3, -0.25) is 14.5 Å². The van der Waals surface area contributed by atoms with E-state index < -0.39 is 0 Å². The molecule has 0 aliphatic carbocycles. The van der Waals surface area contributed by atoms with Crippen molar-refractivity contribution >= 4 is 17.5 Å². The van der Waals surface area contributed by atoms with Crippen molar-refractivity contribution in [3.05, 3.63) is 59.7 Å². The van der Waals surface area contributed by atoms with Crippen molar-refractivity contribution < 1.29 is 14.3 Å². The van der Waals surface area contributed by atoms with E-state index >= 15 is 0 Å². The predicted molar refractivity (Wildman–Crippen MR) is 129 cm³/mol. The van der Waals surface area contributed by atoms with Crippen LogP contribution in [0.25, 0.3) is 0 Å². The molecule has 0 radical (unpaired) electrons. The second-order valence-corrected chi connectivity index (χ2v) is 8.91. The average Bonchev–Trinajstić information content (AvgIpc) is 2.82. The molecule has 2 atom stereocenters. The second-order valence-electron chi connectivity index (χ2n) is 8.91. The minimum Gasteiger partial charge on any atom is -0.493 e. The second kappa shape index (κ2) is 11.3. The Balaban J connectivity index is 1.44. The van der Waals surface area contributed by atoms with Crippen LogP contribution in [-0.2, 0) is 16.1 Å². The Labute approximate surface area is 195 Å². The lowest BCUT2D eigenvalue weighted by molar-refractivity contribution is -0.123. The fraction of sp³-hybridized carbons (Fsp3) is 0.462. The van der Waals surface area contributed by atoms with Gasteiger partial charge in [0.05, 0.1) is 12.6 Å². The lowest BCUT2D eigenvalue weighted by Crippen LogP contribution is -2.49. The third-order valence-corrected chi connectivity index (χ3v) is 6.36. The van der Waals surface area contributed by atoms with Gasteiger partial charge in [-0.15, -0.1) is 0 Å². The van der Waals surface area contributed by atoms with Gasteiger partial charge in [0, 0.05) is 38.8 Å². The number of ether oxygens (including phenoxy) is 1. The molecular weight excluding hydrogens is 416 g/mol. The Morgan fingerprint density at radius 2 is 1.94 bits per heavy atom. The number of hydrogen-bond acceptors (Lipinski definition) is 5. The third kappa shape index (κ3) is 6.55. The maximum absolute atomic E-state index is 12.8. The fourth-order valence-corrected chi connectivity index (χ4v) is 4.70. The Hall–Kier alpha value is -2.90. The number of benzene rings is 2. The average molecular weight is 451 g/mol. The van der Waals surface area contributed by atoms with Crippen LogP contribution in [0.15, 0.2) is 48.5 Å². The molecule has 33 heavy (non-hydrogen) atoms. The molecule has 7 heteroatoms. The topological polar surface area (TPSA) is 82.7 Å². The van der Waals surface area contributed by atoms with Gasteiger partial charge in [0.15, 0.2) is 0 Å². The molecule has 2 aromatic carbocycles. The zero-order chi connectivity index (χ0) is 23.0. The lowest BCUT2D eigenvalue weighted by atomic mass is 9.85. The van der Waals surface area contributed by atoms with Crippen LogP contribution in [0, 0.1) is 0 Å². The number of para-hydroxylation sites is 1. The van der Waals surface area contributed by atoms with Crippen molar-refractivity contribution in [1.82, 2.24) is 15.5 Å². The molecule has 2 aliphatic rings. The monoisotopic (exact) mass is 450 g/mol. The van der Waals surface area contributed by atoms with E-state index in [1.165, 1.54) is 18.1 Å². The van der Waals surface area contributed by atoms with Gasteiger partial charge in [0.2, 0.25) is 11.8 Å². The fourth-order valence-electron chi connectivity index (χ4n) is 4.70. The first-order valence-corrected chi connectivity index (χ1v) is 11.9. The Bertz CT molecular complexity index is 947. The van der Waals surface area contributed by atoms with Crippen molar-refractivity contribution in [2.45, 2.75) is 44.7 Å². The van der Waals surface area contributed by atoms with E-state index in [4.69, 9.17) is 4.74 Å². The first-order valence-electron chi connectivity index (χ1n) is 11.9. The Morgan fingerprint density at radius 1 is 1.12 bits per heavy atom. The summed E-state index contributed by atoms with van der Waals surface area (Å²) in [4.78, 5) is 26.4. The number of nitrogens with one attached hydrogen (secondary N) is 3. The van der Waals surface area contributed by atoms with Crippen LogP contribution < -0.4 is 20.7 Å². The van der Waals surface area contributed by atoms with Crippen LogP contribution >= 0.6 is 0 Å². The van der Waals surface area contributed by atoms with Crippen LogP contribution in [0.4, 0.5) is 5.69 Å². The van der Waals surface area contributed by atoms with Gasteiger partial charge < -0.3 is 20.7 Å². The van der Waals surface area contributed by atoms with Crippen molar-refractivity contribution in [2.75, 3.05) is 38.1 Å². The number of fused-ring (bicyclic) bond motifs is 4. The van der Waals surface area contributed by atoms with Gasteiger partial charge in [-0.05, 0) is 61.1 Å². The smallest absolute Gasteiger partial charge is 0.237 e. The van der Waals surface area contributed by atoms with Crippen LogP contribution in [0.3, 0.4) is 0 Å². The summed E-state index contributed by atoms with van der Waals surface area (Å²) < 4.78 is 6.21. The van der Waals surface area contributed by atoms with Gasteiger partial charge in [-0.1, -0.05) is 30.3 Å². The first kappa shape index (κ1) is 23.3. The number of carbonyl (C=O) groups is 2. The molecule has 0 aromatic heterocycles. The summed E-state index contributed by atoms with van der Waals surface area (Å²) in [5, 5.41) is 9.33. The molecule has 4 rings (SSSR count). The zero-order valence-corrected chi connectivity index (χ0v) is 19.3. The molecule has 2 aliphatic heterocycles. The third-order valence-electron chi connectivity index (χ3n) is 6.36. The zero-order valence-electron chi connectivity index (χ0n) is 19.3. The summed E-state index contributed by atoms with van der Waals surface area (Å²) in [7, 11) is 0. The summed E-state index contributed by atoms with van der Waals surface area (Å²) in [5.74, 6) is 1.28. The highest BCUT2D eigenvalue weighted by Gasteiger charge is 2.29. The van der Waals surface area contributed by atoms with E-state index in [-0.39, 0.29) is 17.9 Å². The summed E-state index contributed by atoms with van der Waals surface area (Å²) in [6, 6.07) is 16.0. The van der Waals surface area contributed by atoms with Gasteiger partial charge in [-0.2, -0.15) is 0 Å². The number of hydrogen-bond donors (Lipinski definition) is 3. The number of piperidine rings is 1. The molecule has 2 amide bonds. The van der Waals surface area contributed by atoms with Gasteiger partial charge in [-0.25, -0.2) is 0 Å². The van der Waals surface area contributed by atoms with E-state index in [0.717, 1.165) is 56.9 Å². The van der Waals surface area contributed by atoms with Gasteiger partial charge in [0.1, 0.15) is 5.75 Å². The predicted octanol–water partition coefficient (Wildman–Crippen LogP) is 2.88. The lowest BCUT2D eigenvalue weighted by Gasteiger charge is -2.31. The number of amides is 2. The van der Waals surface area contributed by atoms with Crippen molar-refractivity contribution in [3.8, 4) is 5.75 Å².